The molecule has 1 unspecified atom stereocenters. The molecule has 0 saturated carbocycles. The molecule has 2 rings (SSSR count). The molecule has 0 saturated heterocycles. The highest BCUT2D eigenvalue weighted by Gasteiger charge is 2.02. The van der Waals surface area contributed by atoms with Gasteiger partial charge in [-0.15, -0.1) is 0 Å². The molecular formula is C24H26O5. The number of ether oxygens (including phenoxy) is 2. The van der Waals surface area contributed by atoms with Gasteiger partial charge in [0.25, 0.3) is 0 Å². The lowest BCUT2D eigenvalue weighted by Crippen LogP contribution is -2.09. The fraction of sp³-hybridized carbons (Fsp3) is 0.208. The molecule has 5 heteroatoms. The molecule has 0 radical (unpaired) electrons. The Labute approximate surface area is 171 Å². The van der Waals surface area contributed by atoms with E-state index in [2.05, 4.69) is 6.92 Å². The van der Waals surface area contributed by atoms with Crippen LogP contribution in [0.3, 0.4) is 0 Å². The first-order chi connectivity index (χ1) is 13.9. The van der Waals surface area contributed by atoms with E-state index in [1.165, 1.54) is 25.3 Å². The Morgan fingerprint density at radius 2 is 1.72 bits per heavy atom. The molecule has 1 atom stereocenters. The van der Waals surface area contributed by atoms with Crippen LogP contribution in [0.5, 0.6) is 17.2 Å². The summed E-state index contributed by atoms with van der Waals surface area (Å²) in [6.45, 7) is 4.07. The summed E-state index contributed by atoms with van der Waals surface area (Å²) in [5, 5.41) is 19.5. The van der Waals surface area contributed by atoms with Crippen LogP contribution in [-0.4, -0.2) is 29.2 Å². The van der Waals surface area contributed by atoms with Gasteiger partial charge in [0.15, 0.2) is 17.3 Å². The van der Waals surface area contributed by atoms with Gasteiger partial charge in [-0.05, 0) is 60.9 Å². The van der Waals surface area contributed by atoms with E-state index >= 15 is 0 Å². The van der Waals surface area contributed by atoms with E-state index in [1.54, 1.807) is 24.3 Å². The fourth-order valence-electron chi connectivity index (χ4n) is 2.37. The number of aliphatic hydroxyl groups is 1. The Balaban J connectivity index is 1.96. The van der Waals surface area contributed by atoms with Crippen LogP contribution in [0, 0.1) is 0 Å². The monoisotopic (exact) mass is 394 g/mol. The standard InChI is InChI=1S/C24H26O5/c1-4-17(2)29-22-12-7-18(8-13-22)5-10-20(25)16-21(26)11-6-19-9-14-23(27)24(15-19)28-3/h5-17,26-27H,4H2,1-3H3/b10-5+,11-6+,21-16?. The topological polar surface area (TPSA) is 76.0 Å². The fourth-order valence-corrected chi connectivity index (χ4v) is 2.37. The number of methoxy groups -OCH3 is 1. The molecule has 2 aromatic rings. The smallest absolute Gasteiger partial charge is 0.182 e. The van der Waals surface area contributed by atoms with E-state index in [-0.39, 0.29) is 23.4 Å². The number of carbonyl (C=O) groups excluding carboxylic acids is 1. The van der Waals surface area contributed by atoms with Crippen molar-refractivity contribution in [2.75, 3.05) is 7.11 Å². The van der Waals surface area contributed by atoms with Crippen molar-refractivity contribution in [3.8, 4) is 17.2 Å². The lowest BCUT2D eigenvalue weighted by atomic mass is 10.1. The molecule has 0 aliphatic rings. The van der Waals surface area contributed by atoms with Crippen LogP contribution in [-0.2, 0) is 4.79 Å². The molecule has 0 fully saturated rings. The maximum atomic E-state index is 12.0. The number of aliphatic hydroxyl groups excluding tert-OH is 1. The summed E-state index contributed by atoms with van der Waals surface area (Å²) in [5.41, 5.74) is 1.57. The van der Waals surface area contributed by atoms with Crippen molar-refractivity contribution in [1.29, 1.82) is 0 Å². The minimum absolute atomic E-state index is 0.0317. The highest BCUT2D eigenvalue weighted by molar-refractivity contribution is 6.02. The number of aromatic hydroxyl groups is 1. The zero-order valence-electron chi connectivity index (χ0n) is 16.8. The summed E-state index contributed by atoms with van der Waals surface area (Å²) in [6.07, 6.45) is 8.29. The van der Waals surface area contributed by atoms with Gasteiger partial charge in [0, 0.05) is 6.08 Å². The van der Waals surface area contributed by atoms with Gasteiger partial charge in [-0.1, -0.05) is 37.3 Å². The van der Waals surface area contributed by atoms with Gasteiger partial charge >= 0.3 is 0 Å². The Bertz CT molecular complexity index is 907. The van der Waals surface area contributed by atoms with Gasteiger partial charge in [-0.2, -0.15) is 0 Å². The molecule has 0 aromatic heterocycles. The Kier molecular flexibility index (Phi) is 8.10. The molecular weight excluding hydrogens is 368 g/mol. The number of allylic oxidation sites excluding steroid dienone is 3. The van der Waals surface area contributed by atoms with E-state index in [0.717, 1.165) is 23.8 Å². The SMILES string of the molecule is CCC(C)Oc1ccc(/C=C/C(=O)C=C(O)/C=C/c2ccc(O)c(OC)c2)cc1. The van der Waals surface area contributed by atoms with Crippen molar-refractivity contribution in [3.63, 3.8) is 0 Å². The molecule has 29 heavy (non-hydrogen) atoms. The van der Waals surface area contributed by atoms with Crippen LogP contribution >= 0.6 is 0 Å². The van der Waals surface area contributed by atoms with Gasteiger partial charge in [-0.3, -0.25) is 4.79 Å². The lowest BCUT2D eigenvalue weighted by Gasteiger charge is -2.12. The van der Waals surface area contributed by atoms with E-state index in [1.807, 2.05) is 31.2 Å². The second-order valence-corrected chi connectivity index (χ2v) is 6.48. The number of carbonyl (C=O) groups is 1. The van der Waals surface area contributed by atoms with Crippen LogP contribution in [0.1, 0.15) is 31.4 Å². The van der Waals surface area contributed by atoms with Crippen LogP contribution in [0.25, 0.3) is 12.2 Å². The number of hydrogen-bond donors (Lipinski definition) is 2. The highest BCUT2D eigenvalue weighted by Crippen LogP contribution is 2.26. The summed E-state index contributed by atoms with van der Waals surface area (Å²) in [6, 6.07) is 12.2. The maximum absolute atomic E-state index is 12.0. The predicted molar refractivity (Wildman–Crippen MR) is 115 cm³/mol. The van der Waals surface area contributed by atoms with Gasteiger partial charge in [0.2, 0.25) is 0 Å². The summed E-state index contributed by atoms with van der Waals surface area (Å²) in [5.74, 6) is 0.634. The molecule has 2 aromatic carbocycles. The van der Waals surface area contributed by atoms with Crippen LogP contribution < -0.4 is 9.47 Å². The molecule has 0 heterocycles. The normalized spacial score (nSPS) is 13.0. The minimum Gasteiger partial charge on any atom is -0.508 e. The molecule has 2 N–H and O–H groups in total. The largest absolute Gasteiger partial charge is 0.508 e. The quantitative estimate of drug-likeness (QED) is 0.342. The molecule has 152 valence electrons. The average Bonchev–Trinajstić information content (AvgIpc) is 2.72. The van der Waals surface area contributed by atoms with Crippen molar-refractivity contribution in [2.24, 2.45) is 0 Å². The van der Waals surface area contributed by atoms with E-state index < -0.39 is 0 Å². The van der Waals surface area contributed by atoms with E-state index in [9.17, 15) is 15.0 Å². The second-order valence-electron chi connectivity index (χ2n) is 6.48. The maximum Gasteiger partial charge on any atom is 0.182 e. The minimum atomic E-state index is -0.338. The summed E-state index contributed by atoms with van der Waals surface area (Å²) < 4.78 is 10.7. The number of benzene rings is 2. The van der Waals surface area contributed by atoms with Crippen molar-refractivity contribution < 1.29 is 24.5 Å². The van der Waals surface area contributed by atoms with Gasteiger partial charge in [-0.25, -0.2) is 0 Å². The third kappa shape index (κ3) is 7.22. The zero-order chi connectivity index (χ0) is 21.2. The molecule has 0 amide bonds. The first kappa shape index (κ1) is 21.8. The van der Waals surface area contributed by atoms with Gasteiger partial charge in [0.1, 0.15) is 11.5 Å². The van der Waals surface area contributed by atoms with Crippen molar-refractivity contribution >= 4 is 17.9 Å². The van der Waals surface area contributed by atoms with Crippen molar-refractivity contribution in [1.82, 2.24) is 0 Å². The van der Waals surface area contributed by atoms with Crippen LogP contribution in [0.2, 0.25) is 0 Å². The molecule has 0 aliphatic heterocycles. The van der Waals surface area contributed by atoms with Crippen molar-refractivity contribution in [3.05, 3.63) is 77.6 Å². The summed E-state index contributed by atoms with van der Waals surface area (Å²) in [4.78, 5) is 12.0. The first-order valence-electron chi connectivity index (χ1n) is 9.35. The molecule has 5 nitrogen and oxygen atoms in total. The third-order valence-corrected chi connectivity index (χ3v) is 4.17. The Morgan fingerprint density at radius 1 is 1.07 bits per heavy atom. The number of rotatable bonds is 9. The predicted octanol–water partition coefficient (Wildman–Crippen LogP) is 5.32. The molecule has 0 spiro atoms. The average molecular weight is 394 g/mol. The van der Waals surface area contributed by atoms with Crippen LogP contribution in [0.4, 0.5) is 0 Å². The molecule has 0 aliphatic carbocycles. The summed E-state index contributed by atoms with van der Waals surface area (Å²) >= 11 is 0. The van der Waals surface area contributed by atoms with E-state index in [0.29, 0.717) is 11.3 Å². The first-order valence-corrected chi connectivity index (χ1v) is 9.35. The second kappa shape index (κ2) is 10.8. The Morgan fingerprint density at radius 3 is 2.38 bits per heavy atom. The number of phenolic OH excluding ortho intramolecular Hbond substituents is 1. The van der Waals surface area contributed by atoms with Crippen LogP contribution in [0.15, 0.2) is 66.5 Å². The molecule has 0 bridgehead atoms. The zero-order valence-corrected chi connectivity index (χ0v) is 16.8. The number of ketones is 1. The van der Waals surface area contributed by atoms with Gasteiger partial charge in [0.05, 0.1) is 13.2 Å². The third-order valence-electron chi connectivity index (χ3n) is 4.17. The lowest BCUT2D eigenvalue weighted by molar-refractivity contribution is -0.110. The Hall–Kier alpha value is -3.47. The van der Waals surface area contributed by atoms with Gasteiger partial charge < -0.3 is 19.7 Å². The van der Waals surface area contributed by atoms with Crippen molar-refractivity contribution in [2.45, 2.75) is 26.4 Å². The highest BCUT2D eigenvalue weighted by atomic mass is 16.5. The summed E-state index contributed by atoms with van der Waals surface area (Å²) in [7, 11) is 1.46. The number of hydrogen-bond acceptors (Lipinski definition) is 5. The number of phenols is 1. The van der Waals surface area contributed by atoms with E-state index in [4.69, 9.17) is 9.47 Å².